The van der Waals surface area contributed by atoms with Gasteiger partial charge in [0, 0.05) is 20.6 Å². The van der Waals surface area contributed by atoms with E-state index in [0.29, 0.717) is 4.99 Å². The summed E-state index contributed by atoms with van der Waals surface area (Å²) in [5, 5.41) is 4.48. The van der Waals surface area contributed by atoms with Gasteiger partial charge in [-0.05, 0) is 43.9 Å². The Hall–Kier alpha value is -1.10. The van der Waals surface area contributed by atoms with Gasteiger partial charge in [-0.1, -0.05) is 18.6 Å². The van der Waals surface area contributed by atoms with Gasteiger partial charge in [-0.3, -0.25) is 4.68 Å². The Morgan fingerprint density at radius 3 is 2.75 bits per heavy atom. The van der Waals surface area contributed by atoms with E-state index >= 15 is 0 Å². The van der Waals surface area contributed by atoms with Crippen LogP contribution >= 0.6 is 12.2 Å². The molecule has 110 valence electrons. The smallest absolute Gasteiger partial charge is 0.136 e. The Balaban J connectivity index is 1.80. The van der Waals surface area contributed by atoms with E-state index in [9.17, 15) is 0 Å². The maximum Gasteiger partial charge on any atom is 0.136 e. The molecule has 4 nitrogen and oxygen atoms in total. The van der Waals surface area contributed by atoms with Crippen molar-refractivity contribution in [2.24, 2.45) is 30.5 Å². The zero-order valence-corrected chi connectivity index (χ0v) is 13.4. The van der Waals surface area contributed by atoms with Crippen molar-refractivity contribution in [3.8, 4) is 0 Å². The lowest BCUT2D eigenvalue weighted by Crippen LogP contribution is -2.31. The van der Waals surface area contributed by atoms with Crippen molar-refractivity contribution in [1.82, 2.24) is 9.78 Å². The fraction of sp³-hybridized carbons (Fsp3) is 0.733. The van der Waals surface area contributed by atoms with E-state index in [-0.39, 0.29) is 0 Å². The van der Waals surface area contributed by atoms with Crippen LogP contribution in [0.2, 0.25) is 0 Å². The maximum atomic E-state index is 5.89. The number of aromatic nitrogens is 2. The van der Waals surface area contributed by atoms with Crippen LogP contribution in [-0.4, -0.2) is 28.4 Å². The molecule has 0 aliphatic heterocycles. The molecule has 3 rings (SSSR count). The molecule has 5 heteroatoms. The lowest BCUT2D eigenvalue weighted by molar-refractivity contribution is 0.336. The monoisotopic (exact) mass is 292 g/mol. The molecular weight excluding hydrogens is 268 g/mol. The molecular formula is C15H24N4S. The summed E-state index contributed by atoms with van der Waals surface area (Å²) in [6.45, 7) is 3.07. The summed E-state index contributed by atoms with van der Waals surface area (Å²) in [6.07, 6.45) is 5.73. The molecule has 1 heterocycles. The van der Waals surface area contributed by atoms with Crippen molar-refractivity contribution in [3.05, 3.63) is 11.3 Å². The predicted octanol–water partition coefficient (Wildman–Crippen LogP) is 2.24. The lowest BCUT2D eigenvalue weighted by Gasteiger charge is -2.29. The molecule has 1 aromatic heterocycles. The second-order valence-electron chi connectivity index (χ2n) is 6.59. The molecule has 2 bridgehead atoms. The van der Waals surface area contributed by atoms with Crippen LogP contribution in [-0.2, 0) is 7.05 Å². The highest BCUT2D eigenvalue weighted by molar-refractivity contribution is 7.80. The number of nitrogens with zero attached hydrogens (tertiary/aromatic N) is 3. The van der Waals surface area contributed by atoms with E-state index in [2.05, 4.69) is 17.0 Å². The van der Waals surface area contributed by atoms with E-state index in [0.717, 1.165) is 41.4 Å². The summed E-state index contributed by atoms with van der Waals surface area (Å²) < 4.78 is 1.91. The average molecular weight is 292 g/mol. The van der Waals surface area contributed by atoms with Crippen LogP contribution in [0.1, 0.15) is 36.9 Å². The fourth-order valence-electron chi connectivity index (χ4n) is 4.41. The molecule has 1 aromatic rings. The standard InChI is InChI=1S/C15H24N4S/c1-9-13(14(16)20)15(19(3)17-9)18(2)8-12-7-10-4-5-11(12)6-10/h10-12H,4-8H2,1-3H3,(H2,16,20). The van der Waals surface area contributed by atoms with Gasteiger partial charge in [0.15, 0.2) is 0 Å². The van der Waals surface area contributed by atoms with Crippen LogP contribution in [0.4, 0.5) is 5.82 Å². The number of hydrogen-bond acceptors (Lipinski definition) is 3. The van der Waals surface area contributed by atoms with Gasteiger partial charge < -0.3 is 10.6 Å². The third kappa shape index (κ3) is 2.22. The topological polar surface area (TPSA) is 47.1 Å². The van der Waals surface area contributed by atoms with E-state index in [1.807, 2.05) is 18.7 Å². The molecule has 2 N–H and O–H groups in total. The molecule has 3 atom stereocenters. The molecule has 0 spiro atoms. The summed E-state index contributed by atoms with van der Waals surface area (Å²) >= 11 is 5.20. The third-order valence-corrected chi connectivity index (χ3v) is 5.40. The summed E-state index contributed by atoms with van der Waals surface area (Å²) in [4.78, 5) is 2.75. The van der Waals surface area contributed by atoms with Crippen LogP contribution < -0.4 is 10.6 Å². The van der Waals surface area contributed by atoms with Crippen LogP contribution in [0.5, 0.6) is 0 Å². The van der Waals surface area contributed by atoms with Crippen LogP contribution in [0.15, 0.2) is 0 Å². The van der Waals surface area contributed by atoms with Gasteiger partial charge in [0.05, 0.1) is 11.3 Å². The van der Waals surface area contributed by atoms with Crippen molar-refractivity contribution >= 4 is 23.0 Å². The van der Waals surface area contributed by atoms with Crippen molar-refractivity contribution in [2.75, 3.05) is 18.5 Å². The summed E-state index contributed by atoms with van der Waals surface area (Å²) in [5.74, 6) is 3.82. The Bertz CT molecular complexity index is 536. The second kappa shape index (κ2) is 5.02. The van der Waals surface area contributed by atoms with Crippen molar-refractivity contribution in [1.29, 1.82) is 0 Å². The zero-order valence-electron chi connectivity index (χ0n) is 12.6. The molecule has 0 radical (unpaired) electrons. The SMILES string of the molecule is Cc1nn(C)c(N(C)CC2CC3CCC2C3)c1C(N)=S. The van der Waals surface area contributed by atoms with Gasteiger partial charge in [-0.25, -0.2) is 0 Å². The minimum Gasteiger partial charge on any atom is -0.389 e. The number of rotatable bonds is 4. The minimum absolute atomic E-state index is 0.449. The van der Waals surface area contributed by atoms with Gasteiger partial charge in [0.1, 0.15) is 10.8 Å². The largest absolute Gasteiger partial charge is 0.389 e. The normalized spacial score (nSPS) is 28.1. The highest BCUT2D eigenvalue weighted by Gasteiger charge is 2.40. The summed E-state index contributed by atoms with van der Waals surface area (Å²) in [6, 6.07) is 0. The highest BCUT2D eigenvalue weighted by Crippen LogP contribution is 2.48. The Morgan fingerprint density at radius 1 is 1.45 bits per heavy atom. The molecule has 2 aliphatic rings. The number of fused-ring (bicyclic) bond motifs is 2. The number of nitrogens with two attached hydrogens (primary N) is 1. The van der Waals surface area contributed by atoms with Gasteiger partial charge >= 0.3 is 0 Å². The number of hydrogen-bond donors (Lipinski definition) is 1. The van der Waals surface area contributed by atoms with E-state index < -0.39 is 0 Å². The van der Waals surface area contributed by atoms with Crippen LogP contribution in [0.25, 0.3) is 0 Å². The molecule has 20 heavy (non-hydrogen) atoms. The minimum atomic E-state index is 0.449. The number of aryl methyl sites for hydroxylation is 2. The van der Waals surface area contributed by atoms with Gasteiger partial charge in [-0.2, -0.15) is 5.10 Å². The highest BCUT2D eigenvalue weighted by atomic mass is 32.1. The van der Waals surface area contributed by atoms with Gasteiger partial charge in [0.25, 0.3) is 0 Å². The first kappa shape index (κ1) is 13.9. The summed E-state index contributed by atoms with van der Waals surface area (Å²) in [5.41, 5.74) is 7.75. The second-order valence-corrected chi connectivity index (χ2v) is 7.03. The Morgan fingerprint density at radius 2 is 2.20 bits per heavy atom. The van der Waals surface area contributed by atoms with E-state index in [1.165, 1.54) is 25.7 Å². The van der Waals surface area contributed by atoms with Crippen molar-refractivity contribution in [3.63, 3.8) is 0 Å². The maximum absolute atomic E-state index is 5.89. The predicted molar refractivity (Wildman–Crippen MR) is 86.0 cm³/mol. The number of thiocarbonyl (C=S) groups is 1. The molecule has 2 saturated carbocycles. The van der Waals surface area contributed by atoms with Crippen LogP contribution in [0, 0.1) is 24.7 Å². The zero-order chi connectivity index (χ0) is 14.4. The fourth-order valence-corrected chi connectivity index (χ4v) is 4.65. The summed E-state index contributed by atoms with van der Waals surface area (Å²) in [7, 11) is 4.12. The number of anilines is 1. The lowest BCUT2D eigenvalue weighted by atomic mass is 9.88. The first-order chi connectivity index (χ1) is 9.47. The third-order valence-electron chi connectivity index (χ3n) is 5.19. The van der Waals surface area contributed by atoms with E-state index in [1.54, 1.807) is 0 Å². The average Bonchev–Trinajstić information content (AvgIpc) is 3.02. The first-order valence-electron chi connectivity index (χ1n) is 7.52. The Labute approximate surface area is 126 Å². The van der Waals surface area contributed by atoms with Crippen LogP contribution in [0.3, 0.4) is 0 Å². The molecule has 2 aliphatic carbocycles. The quantitative estimate of drug-likeness (QED) is 0.865. The molecule has 2 fully saturated rings. The molecule has 0 amide bonds. The van der Waals surface area contributed by atoms with Gasteiger partial charge in [-0.15, -0.1) is 0 Å². The molecule has 0 aromatic carbocycles. The first-order valence-corrected chi connectivity index (χ1v) is 7.92. The van der Waals surface area contributed by atoms with E-state index in [4.69, 9.17) is 18.0 Å². The van der Waals surface area contributed by atoms with Gasteiger partial charge in [0.2, 0.25) is 0 Å². The van der Waals surface area contributed by atoms with Crippen molar-refractivity contribution < 1.29 is 0 Å². The molecule has 3 unspecified atom stereocenters. The molecule has 0 saturated heterocycles. The van der Waals surface area contributed by atoms with Crippen molar-refractivity contribution in [2.45, 2.75) is 32.6 Å². The Kier molecular flexibility index (Phi) is 3.48.